The maximum Gasteiger partial charge on any atom is 0.442 e. The first kappa shape index (κ1) is 19.2. The van der Waals surface area contributed by atoms with E-state index in [1.54, 1.807) is 18.2 Å². The first-order valence-electron chi connectivity index (χ1n) is 9.36. The van der Waals surface area contributed by atoms with E-state index in [4.69, 9.17) is 9.26 Å². The molecule has 150 valence electrons. The summed E-state index contributed by atoms with van der Waals surface area (Å²) in [4.78, 5) is 24.9. The molecule has 0 spiro atoms. The van der Waals surface area contributed by atoms with Crippen molar-refractivity contribution in [2.75, 3.05) is 5.32 Å². The lowest BCUT2D eigenvalue weighted by Crippen LogP contribution is -2.25. The summed E-state index contributed by atoms with van der Waals surface area (Å²) >= 11 is 0. The van der Waals surface area contributed by atoms with Crippen LogP contribution in [0.3, 0.4) is 0 Å². The molecule has 30 heavy (non-hydrogen) atoms. The summed E-state index contributed by atoms with van der Waals surface area (Å²) in [5.74, 6) is 0.351. The molecule has 7 nitrogen and oxygen atoms in total. The number of amides is 1. The number of aromatic nitrogens is 2. The molecule has 0 bridgehead atoms. The second kappa shape index (κ2) is 8.48. The summed E-state index contributed by atoms with van der Waals surface area (Å²) in [6, 6.07) is 23.8. The van der Waals surface area contributed by atoms with Gasteiger partial charge in [0.25, 0.3) is 0 Å². The Morgan fingerprint density at radius 1 is 1.00 bits per heavy atom. The average molecular weight is 401 g/mol. The molecule has 0 saturated heterocycles. The van der Waals surface area contributed by atoms with Crippen molar-refractivity contribution in [3.8, 4) is 22.9 Å². The number of nitrogens with zero attached hydrogens (tertiary/aromatic N) is 2. The molecule has 0 aliphatic rings. The Kier molecular flexibility index (Phi) is 5.43. The standard InChI is InChI=1S/C23H19N3O4/c1-16-9-5-6-12-18(16)22-25-30-23(28)26(22)15-21(27)24-19-13-7-8-14-20(19)29-17-10-3-2-4-11-17/h2-14H,15H2,1H3,(H,24,27). The van der Waals surface area contributed by atoms with Crippen LogP contribution in [0.5, 0.6) is 11.5 Å². The highest BCUT2D eigenvalue weighted by Crippen LogP contribution is 2.29. The second-order valence-corrected chi connectivity index (χ2v) is 6.63. The Bertz CT molecular complexity index is 1230. The predicted octanol–water partition coefficient (Wildman–Crippen LogP) is 4.24. The Hall–Kier alpha value is -4.13. The lowest BCUT2D eigenvalue weighted by Gasteiger charge is -2.12. The van der Waals surface area contributed by atoms with Crippen molar-refractivity contribution in [2.45, 2.75) is 13.5 Å². The van der Waals surface area contributed by atoms with Crippen molar-refractivity contribution in [1.82, 2.24) is 9.72 Å². The molecule has 1 N–H and O–H groups in total. The molecular weight excluding hydrogens is 382 g/mol. The second-order valence-electron chi connectivity index (χ2n) is 6.63. The van der Waals surface area contributed by atoms with Crippen LogP contribution in [0.1, 0.15) is 5.56 Å². The van der Waals surface area contributed by atoms with Crippen molar-refractivity contribution >= 4 is 11.6 Å². The first-order valence-corrected chi connectivity index (χ1v) is 9.36. The van der Waals surface area contributed by atoms with Crippen LogP contribution in [-0.4, -0.2) is 15.6 Å². The van der Waals surface area contributed by atoms with Crippen molar-refractivity contribution in [3.63, 3.8) is 0 Å². The van der Waals surface area contributed by atoms with E-state index in [9.17, 15) is 9.59 Å². The number of para-hydroxylation sites is 3. The SMILES string of the molecule is Cc1ccccc1-c1noc(=O)n1CC(=O)Nc1ccccc1Oc1ccccc1. The summed E-state index contributed by atoms with van der Waals surface area (Å²) in [6.07, 6.45) is 0. The van der Waals surface area contributed by atoms with Crippen molar-refractivity contribution < 1.29 is 14.1 Å². The van der Waals surface area contributed by atoms with Crippen LogP contribution in [-0.2, 0) is 11.3 Å². The number of benzene rings is 3. The Morgan fingerprint density at radius 2 is 1.70 bits per heavy atom. The number of carbonyl (C=O) groups excluding carboxylic acids is 1. The van der Waals surface area contributed by atoms with Crippen LogP contribution in [0.25, 0.3) is 11.4 Å². The molecule has 7 heteroatoms. The number of ether oxygens (including phenoxy) is 1. The molecule has 1 aromatic heterocycles. The van der Waals surface area contributed by atoms with E-state index in [1.807, 2.05) is 67.6 Å². The molecule has 4 rings (SSSR count). The van der Waals surface area contributed by atoms with Crippen LogP contribution < -0.4 is 15.8 Å². The average Bonchev–Trinajstić information content (AvgIpc) is 3.10. The molecule has 3 aromatic carbocycles. The van der Waals surface area contributed by atoms with Gasteiger partial charge in [-0.15, -0.1) is 0 Å². The Morgan fingerprint density at radius 3 is 2.50 bits per heavy atom. The van der Waals surface area contributed by atoms with Gasteiger partial charge in [0.2, 0.25) is 5.91 Å². The van der Waals surface area contributed by atoms with Crippen LogP contribution in [0.15, 0.2) is 88.2 Å². The van der Waals surface area contributed by atoms with Gasteiger partial charge < -0.3 is 10.1 Å². The fourth-order valence-electron chi connectivity index (χ4n) is 3.03. The van der Waals surface area contributed by atoms with Gasteiger partial charge in [0.05, 0.1) is 5.69 Å². The largest absolute Gasteiger partial charge is 0.455 e. The number of hydrogen-bond acceptors (Lipinski definition) is 5. The van der Waals surface area contributed by atoms with Gasteiger partial charge in [-0.3, -0.25) is 9.32 Å². The highest BCUT2D eigenvalue weighted by atomic mass is 16.5. The fourth-order valence-corrected chi connectivity index (χ4v) is 3.03. The van der Waals surface area contributed by atoms with Gasteiger partial charge >= 0.3 is 5.76 Å². The summed E-state index contributed by atoms with van der Waals surface area (Å²) < 4.78 is 11.9. The number of rotatable bonds is 6. The molecule has 0 unspecified atom stereocenters. The molecule has 0 saturated carbocycles. The van der Waals surface area contributed by atoms with E-state index in [0.29, 0.717) is 23.0 Å². The Balaban J connectivity index is 1.55. The maximum absolute atomic E-state index is 12.7. The van der Waals surface area contributed by atoms with Crippen LogP contribution >= 0.6 is 0 Å². The van der Waals surface area contributed by atoms with Crippen molar-refractivity contribution in [2.24, 2.45) is 0 Å². The maximum atomic E-state index is 12.7. The molecule has 1 amide bonds. The molecule has 0 aliphatic heterocycles. The summed E-state index contributed by atoms with van der Waals surface area (Å²) in [5.41, 5.74) is 2.14. The van der Waals surface area contributed by atoms with Crippen molar-refractivity contribution in [1.29, 1.82) is 0 Å². The molecule has 0 radical (unpaired) electrons. The minimum absolute atomic E-state index is 0.244. The molecule has 0 fully saturated rings. The number of nitrogens with one attached hydrogen (secondary N) is 1. The number of hydrogen-bond donors (Lipinski definition) is 1. The van der Waals surface area contributed by atoms with Crippen LogP contribution in [0.2, 0.25) is 0 Å². The normalized spacial score (nSPS) is 10.6. The van der Waals surface area contributed by atoms with Crippen molar-refractivity contribution in [3.05, 3.63) is 95.0 Å². The lowest BCUT2D eigenvalue weighted by atomic mass is 10.1. The first-order chi connectivity index (χ1) is 14.6. The summed E-state index contributed by atoms with van der Waals surface area (Å²) in [6.45, 7) is 1.65. The van der Waals surface area contributed by atoms with Crippen LogP contribution in [0, 0.1) is 6.92 Å². The van der Waals surface area contributed by atoms with E-state index in [2.05, 4.69) is 10.5 Å². The predicted molar refractivity (Wildman–Crippen MR) is 113 cm³/mol. The van der Waals surface area contributed by atoms with Gasteiger partial charge in [-0.05, 0) is 36.8 Å². The molecular formula is C23H19N3O4. The quantitative estimate of drug-likeness (QED) is 0.522. The lowest BCUT2D eigenvalue weighted by molar-refractivity contribution is -0.116. The minimum Gasteiger partial charge on any atom is -0.455 e. The third-order valence-corrected chi connectivity index (χ3v) is 4.51. The zero-order valence-corrected chi connectivity index (χ0v) is 16.2. The van der Waals surface area contributed by atoms with Gasteiger partial charge in [0.15, 0.2) is 11.6 Å². The third kappa shape index (κ3) is 4.15. The topological polar surface area (TPSA) is 86.4 Å². The summed E-state index contributed by atoms with van der Waals surface area (Å²) in [5, 5.41) is 6.65. The van der Waals surface area contributed by atoms with Gasteiger partial charge in [-0.1, -0.05) is 59.8 Å². The summed E-state index contributed by atoms with van der Waals surface area (Å²) in [7, 11) is 0. The van der Waals surface area contributed by atoms with Gasteiger partial charge in [0, 0.05) is 5.56 Å². The molecule has 0 atom stereocenters. The number of anilines is 1. The van der Waals surface area contributed by atoms with E-state index in [-0.39, 0.29) is 6.54 Å². The smallest absolute Gasteiger partial charge is 0.442 e. The zero-order valence-electron chi connectivity index (χ0n) is 16.2. The van der Waals surface area contributed by atoms with Gasteiger partial charge in [0.1, 0.15) is 12.3 Å². The Labute approximate surface area is 172 Å². The minimum atomic E-state index is -0.697. The highest BCUT2D eigenvalue weighted by Gasteiger charge is 2.18. The number of carbonyl (C=O) groups is 1. The van der Waals surface area contributed by atoms with E-state index >= 15 is 0 Å². The van der Waals surface area contributed by atoms with E-state index in [1.165, 1.54) is 4.57 Å². The fraction of sp³-hybridized carbons (Fsp3) is 0.0870. The van der Waals surface area contributed by atoms with Crippen LogP contribution in [0.4, 0.5) is 5.69 Å². The van der Waals surface area contributed by atoms with E-state index in [0.717, 1.165) is 11.1 Å². The highest BCUT2D eigenvalue weighted by molar-refractivity contribution is 5.92. The van der Waals surface area contributed by atoms with E-state index < -0.39 is 11.7 Å². The molecule has 0 aliphatic carbocycles. The number of aryl methyl sites for hydroxylation is 1. The monoisotopic (exact) mass is 401 g/mol. The molecule has 4 aromatic rings. The van der Waals surface area contributed by atoms with Gasteiger partial charge in [-0.2, -0.15) is 0 Å². The molecule has 1 heterocycles. The third-order valence-electron chi connectivity index (χ3n) is 4.51. The van der Waals surface area contributed by atoms with Gasteiger partial charge in [-0.25, -0.2) is 9.36 Å². The zero-order chi connectivity index (χ0) is 20.9.